The van der Waals surface area contributed by atoms with E-state index >= 15 is 0 Å². The van der Waals surface area contributed by atoms with Crippen molar-refractivity contribution in [2.45, 2.75) is 32.2 Å². The number of hydrogen-bond acceptors (Lipinski definition) is 7. The van der Waals surface area contributed by atoms with E-state index in [0.717, 1.165) is 24.2 Å². The lowest BCUT2D eigenvalue weighted by atomic mass is 9.96. The largest absolute Gasteiger partial charge is 0.507 e. The minimum absolute atomic E-state index is 0.0493. The van der Waals surface area contributed by atoms with Crippen molar-refractivity contribution in [2.24, 2.45) is 0 Å². The molecule has 2 aromatic carbocycles. The van der Waals surface area contributed by atoms with Gasteiger partial charge in [-0.05, 0) is 79.4 Å². The van der Waals surface area contributed by atoms with Gasteiger partial charge < -0.3 is 14.6 Å². The molecule has 8 heteroatoms. The molecular weight excluding hydrogens is 472 g/mol. The molecule has 1 aromatic heterocycles. The summed E-state index contributed by atoms with van der Waals surface area (Å²) in [7, 11) is 0. The number of ether oxygens (including phenoxy) is 2. The van der Waals surface area contributed by atoms with Crippen LogP contribution in [0.1, 0.15) is 53.0 Å². The lowest BCUT2D eigenvalue weighted by Crippen LogP contribution is -2.29. The van der Waals surface area contributed by atoms with Gasteiger partial charge in [0, 0.05) is 17.4 Å². The molecule has 1 N–H and O–H groups in total. The van der Waals surface area contributed by atoms with Crippen LogP contribution in [-0.4, -0.2) is 41.0 Å². The lowest BCUT2D eigenvalue weighted by Gasteiger charge is -2.25. The highest BCUT2D eigenvalue weighted by atomic mass is 16.5. The Balaban J connectivity index is 1.58. The van der Waals surface area contributed by atoms with Gasteiger partial charge in [0.05, 0.1) is 30.0 Å². The van der Waals surface area contributed by atoms with E-state index in [2.05, 4.69) is 4.98 Å². The average molecular weight is 499 g/mol. The Morgan fingerprint density at radius 2 is 1.89 bits per heavy atom. The number of anilines is 1. The van der Waals surface area contributed by atoms with Gasteiger partial charge in [0.25, 0.3) is 11.7 Å². The molecule has 1 saturated heterocycles. The maximum Gasteiger partial charge on any atom is 0.338 e. The van der Waals surface area contributed by atoms with Crippen molar-refractivity contribution >= 4 is 29.1 Å². The molecule has 0 aliphatic carbocycles. The second-order valence-electron chi connectivity index (χ2n) is 8.88. The highest BCUT2D eigenvalue weighted by molar-refractivity contribution is 6.51. The molecule has 1 unspecified atom stereocenters. The van der Waals surface area contributed by atoms with Gasteiger partial charge in [-0.15, -0.1) is 0 Å². The second kappa shape index (κ2) is 10.3. The van der Waals surface area contributed by atoms with Gasteiger partial charge in [-0.3, -0.25) is 19.5 Å². The quantitative estimate of drug-likeness (QED) is 0.229. The number of ketones is 1. The van der Waals surface area contributed by atoms with Gasteiger partial charge in [-0.25, -0.2) is 4.79 Å². The Kier molecular flexibility index (Phi) is 6.72. The molecule has 0 saturated carbocycles. The number of carbonyl (C=O) groups is 3. The number of rotatable bonds is 6. The van der Waals surface area contributed by atoms with Crippen molar-refractivity contribution in [3.8, 4) is 5.75 Å². The second-order valence-corrected chi connectivity index (χ2v) is 8.88. The highest BCUT2D eigenvalue weighted by Gasteiger charge is 2.47. The molecule has 3 heterocycles. The van der Waals surface area contributed by atoms with Crippen LogP contribution < -0.4 is 9.64 Å². The van der Waals surface area contributed by atoms with Gasteiger partial charge in [0.2, 0.25) is 0 Å². The molecular formula is C29H26N2O6. The van der Waals surface area contributed by atoms with Crippen LogP contribution in [0.2, 0.25) is 0 Å². The standard InChI is InChI=1S/C29H26N2O6/c1-2-15-37-29(35)18-8-11-21(12-9-18)31-25(22-7-3-4-14-30-22)24(27(33)28(31)34)26(32)20-10-13-23-19(17-20)6-5-16-36-23/h3-4,7-14,17,25,32H,2,5-6,15-16H2,1H3/b26-24-. The van der Waals surface area contributed by atoms with Gasteiger partial charge in [0.15, 0.2) is 0 Å². The fraction of sp³-hybridized carbons (Fsp3) is 0.241. The van der Waals surface area contributed by atoms with Gasteiger partial charge in [-0.2, -0.15) is 0 Å². The number of benzene rings is 2. The number of aliphatic hydroxyl groups is 1. The number of aromatic nitrogens is 1. The molecule has 37 heavy (non-hydrogen) atoms. The first-order valence-corrected chi connectivity index (χ1v) is 12.2. The lowest BCUT2D eigenvalue weighted by molar-refractivity contribution is -0.132. The van der Waals surface area contributed by atoms with Crippen LogP contribution in [-0.2, 0) is 20.7 Å². The van der Waals surface area contributed by atoms with Gasteiger partial charge >= 0.3 is 5.97 Å². The smallest absolute Gasteiger partial charge is 0.338 e. The van der Waals surface area contributed by atoms with E-state index < -0.39 is 23.7 Å². The molecule has 1 amide bonds. The molecule has 2 aliphatic rings. The van der Waals surface area contributed by atoms with Crippen molar-refractivity contribution in [1.29, 1.82) is 0 Å². The van der Waals surface area contributed by atoms with E-state index in [0.29, 0.717) is 42.1 Å². The van der Waals surface area contributed by atoms with E-state index in [1.54, 1.807) is 66.9 Å². The van der Waals surface area contributed by atoms with Crippen LogP contribution in [0, 0.1) is 0 Å². The number of pyridine rings is 1. The Hall–Kier alpha value is -4.46. The summed E-state index contributed by atoms with van der Waals surface area (Å²) in [6.07, 6.45) is 3.92. The monoisotopic (exact) mass is 498 g/mol. The zero-order valence-corrected chi connectivity index (χ0v) is 20.3. The third kappa shape index (κ3) is 4.58. The number of fused-ring (bicyclic) bond motifs is 1. The van der Waals surface area contributed by atoms with E-state index in [1.807, 2.05) is 6.92 Å². The van der Waals surface area contributed by atoms with Crippen LogP contribution in [0.5, 0.6) is 5.75 Å². The zero-order chi connectivity index (χ0) is 25.9. The third-order valence-corrected chi connectivity index (χ3v) is 6.41. The summed E-state index contributed by atoms with van der Waals surface area (Å²) in [5.41, 5.74) is 2.46. The number of carbonyl (C=O) groups excluding carboxylic acids is 3. The summed E-state index contributed by atoms with van der Waals surface area (Å²) in [4.78, 5) is 44.6. The topological polar surface area (TPSA) is 106 Å². The van der Waals surface area contributed by atoms with E-state index in [9.17, 15) is 19.5 Å². The third-order valence-electron chi connectivity index (χ3n) is 6.41. The fourth-order valence-corrected chi connectivity index (χ4v) is 4.62. The number of amides is 1. The number of hydrogen-bond donors (Lipinski definition) is 1. The minimum atomic E-state index is -0.952. The number of esters is 1. The Bertz CT molecular complexity index is 1380. The molecule has 188 valence electrons. The predicted molar refractivity (Wildman–Crippen MR) is 136 cm³/mol. The van der Waals surface area contributed by atoms with Crippen LogP contribution in [0.4, 0.5) is 5.69 Å². The minimum Gasteiger partial charge on any atom is -0.507 e. The SMILES string of the molecule is CCCOC(=O)c1ccc(N2C(=O)C(=O)/C(=C(\O)c3ccc4c(c3)CCCO4)C2c2ccccn2)cc1. The van der Waals surface area contributed by atoms with Crippen LogP contribution >= 0.6 is 0 Å². The zero-order valence-electron chi connectivity index (χ0n) is 20.3. The molecule has 0 bridgehead atoms. The molecule has 0 radical (unpaired) electrons. The van der Waals surface area contributed by atoms with Crippen LogP contribution in [0.3, 0.4) is 0 Å². The first kappa shape index (κ1) is 24.2. The van der Waals surface area contributed by atoms with E-state index in [-0.39, 0.29) is 11.3 Å². The maximum absolute atomic E-state index is 13.3. The van der Waals surface area contributed by atoms with E-state index in [1.165, 1.54) is 4.90 Å². The van der Waals surface area contributed by atoms with Crippen LogP contribution in [0.15, 0.2) is 72.4 Å². The highest BCUT2D eigenvalue weighted by Crippen LogP contribution is 2.42. The average Bonchev–Trinajstić information content (AvgIpc) is 3.21. The normalized spacial score (nSPS) is 18.3. The number of aliphatic hydroxyl groups excluding tert-OH is 1. The van der Waals surface area contributed by atoms with Gasteiger partial charge in [-0.1, -0.05) is 13.0 Å². The molecule has 0 spiro atoms. The van der Waals surface area contributed by atoms with Crippen LogP contribution in [0.25, 0.3) is 5.76 Å². The van der Waals surface area contributed by atoms with Crippen molar-refractivity contribution in [3.05, 3.63) is 94.8 Å². The molecule has 1 fully saturated rings. The van der Waals surface area contributed by atoms with Gasteiger partial charge in [0.1, 0.15) is 17.6 Å². The Morgan fingerprint density at radius 3 is 2.62 bits per heavy atom. The summed E-state index contributed by atoms with van der Waals surface area (Å²) >= 11 is 0. The molecule has 2 aliphatic heterocycles. The first-order chi connectivity index (χ1) is 18.0. The maximum atomic E-state index is 13.3. The molecule has 5 rings (SSSR count). The molecule has 3 aromatic rings. The predicted octanol–water partition coefficient (Wildman–Crippen LogP) is 4.60. The van der Waals surface area contributed by atoms with Crippen molar-refractivity contribution < 1.29 is 29.0 Å². The summed E-state index contributed by atoms with van der Waals surface area (Å²) < 4.78 is 10.8. The summed E-state index contributed by atoms with van der Waals surface area (Å²) in [5, 5.41) is 11.4. The summed E-state index contributed by atoms with van der Waals surface area (Å²) in [6.45, 7) is 2.85. The van der Waals surface area contributed by atoms with Crippen molar-refractivity contribution in [3.63, 3.8) is 0 Å². The first-order valence-electron chi connectivity index (χ1n) is 12.2. The van der Waals surface area contributed by atoms with E-state index in [4.69, 9.17) is 9.47 Å². The number of Topliss-reactive ketones (excluding diaryl/α,β-unsaturated/α-hetero) is 1. The molecule has 1 atom stereocenters. The summed E-state index contributed by atoms with van der Waals surface area (Å²) in [5.74, 6) is -1.59. The summed E-state index contributed by atoms with van der Waals surface area (Å²) in [6, 6.07) is 15.7. The number of nitrogens with zero attached hydrogens (tertiary/aromatic N) is 2. The van der Waals surface area contributed by atoms with Crippen molar-refractivity contribution in [2.75, 3.05) is 18.1 Å². The Morgan fingerprint density at radius 1 is 1.11 bits per heavy atom. The van der Waals surface area contributed by atoms with Crippen molar-refractivity contribution in [1.82, 2.24) is 4.98 Å². The molecule has 8 nitrogen and oxygen atoms in total. The fourth-order valence-electron chi connectivity index (χ4n) is 4.62. The number of aryl methyl sites for hydroxylation is 1. The Labute approximate surface area is 214 Å².